The molecule has 1 aliphatic rings. The fourth-order valence-corrected chi connectivity index (χ4v) is 3.40. The number of benzene rings is 2. The lowest BCUT2D eigenvalue weighted by Gasteiger charge is -2.13. The number of ether oxygens (including phenoxy) is 1. The molecule has 3 aromatic rings. The van der Waals surface area contributed by atoms with Gasteiger partial charge in [-0.1, -0.05) is 18.2 Å². The molecule has 0 saturated heterocycles. The van der Waals surface area contributed by atoms with Crippen LogP contribution in [-0.4, -0.2) is 22.3 Å². The van der Waals surface area contributed by atoms with Crippen molar-refractivity contribution in [1.29, 1.82) is 0 Å². The highest BCUT2D eigenvalue weighted by Gasteiger charge is 2.32. The third kappa shape index (κ3) is 4.96. The molecule has 0 saturated carbocycles. The Hall–Kier alpha value is -3.55. The number of hydrogen-bond acceptors (Lipinski definition) is 3. The highest BCUT2D eigenvalue weighted by molar-refractivity contribution is 5.96. The topological polar surface area (TPSA) is 56.1 Å². The number of carbonyl (C=O) groups is 1. The van der Waals surface area contributed by atoms with Gasteiger partial charge in [0.25, 0.3) is 0 Å². The van der Waals surface area contributed by atoms with Crippen molar-refractivity contribution >= 4 is 11.5 Å². The first-order valence-corrected chi connectivity index (χ1v) is 9.82. The molecule has 160 valence electrons. The molecular formula is C23H20F3N3O2. The maximum absolute atomic E-state index is 13.0. The summed E-state index contributed by atoms with van der Waals surface area (Å²) in [4.78, 5) is 12.5. The van der Waals surface area contributed by atoms with Gasteiger partial charge in [0.15, 0.2) is 0 Å². The second-order valence-corrected chi connectivity index (χ2v) is 7.17. The van der Waals surface area contributed by atoms with Gasteiger partial charge in [0.05, 0.1) is 17.9 Å². The number of fused-ring (bicyclic) bond motifs is 1. The van der Waals surface area contributed by atoms with E-state index in [4.69, 9.17) is 4.74 Å². The zero-order valence-corrected chi connectivity index (χ0v) is 16.5. The molecule has 5 nitrogen and oxygen atoms in total. The number of halogens is 3. The summed E-state index contributed by atoms with van der Waals surface area (Å²) >= 11 is 0. The lowest BCUT2D eigenvalue weighted by molar-refractivity contribution is -0.137. The van der Waals surface area contributed by atoms with Crippen molar-refractivity contribution in [3.05, 3.63) is 83.7 Å². The van der Waals surface area contributed by atoms with Crippen LogP contribution >= 0.6 is 0 Å². The minimum Gasteiger partial charge on any atom is -0.493 e. The molecule has 0 fully saturated rings. The second kappa shape index (κ2) is 8.67. The van der Waals surface area contributed by atoms with Gasteiger partial charge < -0.3 is 10.1 Å². The molecule has 0 radical (unpaired) electrons. The van der Waals surface area contributed by atoms with Gasteiger partial charge in [-0.2, -0.15) is 18.3 Å². The van der Waals surface area contributed by atoms with Crippen molar-refractivity contribution in [2.45, 2.75) is 25.6 Å². The van der Waals surface area contributed by atoms with Crippen LogP contribution in [0.2, 0.25) is 0 Å². The minimum atomic E-state index is -4.45. The highest BCUT2D eigenvalue weighted by atomic mass is 19.4. The zero-order chi connectivity index (χ0) is 21.8. The molecule has 4 rings (SSSR count). The number of alkyl halides is 3. The highest BCUT2D eigenvalue weighted by Crippen LogP contribution is 2.38. The van der Waals surface area contributed by atoms with E-state index < -0.39 is 11.7 Å². The average molecular weight is 427 g/mol. The molecule has 2 heterocycles. The lowest BCUT2D eigenvalue weighted by Crippen LogP contribution is -2.20. The summed E-state index contributed by atoms with van der Waals surface area (Å²) in [5.74, 6) is -0.153. The van der Waals surface area contributed by atoms with Gasteiger partial charge >= 0.3 is 6.18 Å². The van der Waals surface area contributed by atoms with Gasteiger partial charge in [-0.25, -0.2) is 4.68 Å². The van der Waals surface area contributed by atoms with Crippen LogP contribution in [0.25, 0.3) is 11.3 Å². The summed E-state index contributed by atoms with van der Waals surface area (Å²) in [5.41, 5.74) is 2.24. The summed E-state index contributed by atoms with van der Waals surface area (Å²) in [7, 11) is 0. The molecule has 1 aliphatic heterocycles. The quantitative estimate of drug-likeness (QED) is 0.611. The van der Waals surface area contributed by atoms with E-state index in [1.54, 1.807) is 10.9 Å². The van der Waals surface area contributed by atoms with E-state index in [1.165, 1.54) is 12.1 Å². The fourth-order valence-electron chi connectivity index (χ4n) is 3.40. The Balaban J connectivity index is 1.45. The predicted molar refractivity (Wildman–Crippen MR) is 110 cm³/mol. The molecule has 8 heteroatoms. The Kier molecular flexibility index (Phi) is 5.79. The fraction of sp³-hybridized carbons (Fsp3) is 0.217. The smallest absolute Gasteiger partial charge is 0.416 e. The van der Waals surface area contributed by atoms with Crippen LogP contribution in [0.4, 0.5) is 13.2 Å². The first kappa shape index (κ1) is 20.7. The summed E-state index contributed by atoms with van der Waals surface area (Å²) in [6.07, 6.45) is 1.70. The van der Waals surface area contributed by atoms with Crippen molar-refractivity contribution in [2.24, 2.45) is 0 Å². The van der Waals surface area contributed by atoms with Crippen LogP contribution in [0, 0.1) is 0 Å². The van der Waals surface area contributed by atoms with E-state index in [9.17, 15) is 18.0 Å². The number of rotatable bonds is 4. The Morgan fingerprint density at radius 3 is 2.71 bits per heavy atom. The van der Waals surface area contributed by atoms with Crippen LogP contribution in [0.15, 0.2) is 67.0 Å². The number of allylic oxidation sites excluding steroid dienone is 1. The third-order valence-corrected chi connectivity index (χ3v) is 4.98. The van der Waals surface area contributed by atoms with Crippen molar-refractivity contribution in [2.75, 3.05) is 6.61 Å². The second-order valence-electron chi connectivity index (χ2n) is 7.17. The first-order chi connectivity index (χ1) is 14.9. The monoisotopic (exact) mass is 427 g/mol. The molecule has 1 amide bonds. The van der Waals surface area contributed by atoms with E-state index in [-0.39, 0.29) is 11.7 Å². The Labute approximate surface area is 177 Å². The molecule has 0 unspecified atom stereocenters. The maximum atomic E-state index is 13.0. The van der Waals surface area contributed by atoms with Crippen molar-refractivity contribution in [3.63, 3.8) is 0 Å². The van der Waals surface area contributed by atoms with Gasteiger partial charge in [-0.3, -0.25) is 4.79 Å². The molecule has 1 N–H and O–H groups in total. The number of aromatic nitrogens is 2. The van der Waals surface area contributed by atoms with E-state index in [0.29, 0.717) is 37.1 Å². The number of nitrogens with one attached hydrogen (secondary N) is 1. The zero-order valence-electron chi connectivity index (χ0n) is 16.5. The van der Waals surface area contributed by atoms with Crippen LogP contribution in [0.5, 0.6) is 5.75 Å². The van der Waals surface area contributed by atoms with Gasteiger partial charge in [-0.05, 0) is 54.3 Å². The van der Waals surface area contributed by atoms with Crippen LogP contribution < -0.4 is 10.1 Å². The van der Waals surface area contributed by atoms with Crippen molar-refractivity contribution in [3.8, 4) is 11.4 Å². The van der Waals surface area contributed by atoms with Crippen molar-refractivity contribution in [1.82, 2.24) is 15.1 Å². The minimum absolute atomic E-state index is 0.153. The summed E-state index contributed by atoms with van der Waals surface area (Å²) in [6, 6.07) is 12.8. The normalized spacial score (nSPS) is 15.1. The van der Waals surface area contributed by atoms with E-state index in [2.05, 4.69) is 10.4 Å². The van der Waals surface area contributed by atoms with Gasteiger partial charge in [0.2, 0.25) is 5.91 Å². The van der Waals surface area contributed by atoms with E-state index in [1.807, 2.05) is 36.5 Å². The molecule has 1 aromatic heterocycles. The lowest BCUT2D eigenvalue weighted by atomic mass is 9.99. The third-order valence-electron chi connectivity index (χ3n) is 4.98. The Morgan fingerprint density at radius 1 is 1.19 bits per heavy atom. The number of nitrogens with zero attached hydrogens (tertiary/aromatic N) is 2. The van der Waals surface area contributed by atoms with E-state index >= 15 is 0 Å². The molecule has 0 aliphatic carbocycles. The molecule has 31 heavy (non-hydrogen) atoms. The number of carbonyl (C=O) groups excluding carboxylic acids is 1. The molecule has 2 aromatic carbocycles. The largest absolute Gasteiger partial charge is 0.493 e. The molecule has 0 atom stereocenters. The molecule has 0 bridgehead atoms. The number of amides is 1. The molecular weight excluding hydrogens is 407 g/mol. The SMILES string of the molecule is O=C(/C=C1\CCCOc2cc(C(F)(F)F)ccc21)NCc1ccc(-n2cccn2)cc1. The van der Waals surface area contributed by atoms with Gasteiger partial charge in [0.1, 0.15) is 5.75 Å². The maximum Gasteiger partial charge on any atom is 0.416 e. The summed E-state index contributed by atoms with van der Waals surface area (Å²) in [5, 5.41) is 7.00. The Morgan fingerprint density at radius 2 is 2.00 bits per heavy atom. The molecule has 0 spiro atoms. The number of hydrogen-bond donors (Lipinski definition) is 1. The van der Waals surface area contributed by atoms with E-state index in [0.717, 1.165) is 23.4 Å². The van der Waals surface area contributed by atoms with Crippen molar-refractivity contribution < 1.29 is 22.7 Å². The summed E-state index contributed by atoms with van der Waals surface area (Å²) < 4.78 is 46.2. The van der Waals surface area contributed by atoms with Gasteiger partial charge in [0, 0.05) is 30.6 Å². The predicted octanol–water partition coefficient (Wildman–Crippen LogP) is 4.76. The van der Waals surface area contributed by atoms with Crippen LogP contribution in [-0.2, 0) is 17.5 Å². The summed E-state index contributed by atoms with van der Waals surface area (Å²) in [6.45, 7) is 0.633. The first-order valence-electron chi connectivity index (χ1n) is 9.82. The average Bonchev–Trinajstić information content (AvgIpc) is 3.22. The standard InChI is InChI=1S/C23H20F3N3O2/c24-23(25,26)18-6-9-20-17(3-1-12-31-21(20)14-18)13-22(30)27-15-16-4-7-19(8-5-16)29-11-2-10-28-29/h2,4-11,13-14H,1,3,12,15H2,(H,27,30)/b17-13+. The van der Waals surface area contributed by atoms with Crippen LogP contribution in [0.1, 0.15) is 29.5 Å². The Bertz CT molecular complexity index is 1090. The van der Waals surface area contributed by atoms with Gasteiger partial charge in [-0.15, -0.1) is 0 Å². The van der Waals surface area contributed by atoms with Crippen LogP contribution in [0.3, 0.4) is 0 Å².